The topological polar surface area (TPSA) is 58.6 Å². The number of methoxy groups -OCH3 is 1. The molecule has 170 valence electrons. The lowest BCUT2D eigenvalue weighted by molar-refractivity contribution is -0.121. The first-order valence-electron chi connectivity index (χ1n) is 11.9. The van der Waals surface area contributed by atoms with Crippen LogP contribution in [0, 0.1) is 0 Å². The molecule has 1 amide bonds. The summed E-state index contributed by atoms with van der Waals surface area (Å²) < 4.78 is 5.08. The molecule has 4 nitrogen and oxygen atoms in total. The third-order valence-electron chi connectivity index (χ3n) is 5.40. The minimum Gasteiger partial charge on any atom is -0.504 e. The van der Waals surface area contributed by atoms with Gasteiger partial charge in [-0.15, -0.1) is 0 Å². The van der Waals surface area contributed by atoms with E-state index in [1.54, 1.807) is 18.2 Å². The quantitative estimate of drug-likeness (QED) is 0.199. The number of benzene rings is 1. The minimum absolute atomic E-state index is 0.0762. The Labute approximate surface area is 184 Å². The van der Waals surface area contributed by atoms with E-state index in [0.29, 0.717) is 18.7 Å². The zero-order valence-electron chi connectivity index (χ0n) is 19.3. The Kier molecular flexibility index (Phi) is 15.5. The molecule has 0 saturated carbocycles. The van der Waals surface area contributed by atoms with Gasteiger partial charge in [0.05, 0.1) is 7.11 Å². The average Bonchev–Trinajstić information content (AvgIpc) is 2.75. The number of carbonyl (C=O) groups is 1. The van der Waals surface area contributed by atoms with Gasteiger partial charge in [-0.3, -0.25) is 4.79 Å². The summed E-state index contributed by atoms with van der Waals surface area (Å²) in [7, 11) is 1.52. The summed E-state index contributed by atoms with van der Waals surface area (Å²) in [6, 6.07) is 5.12. The number of nitrogens with one attached hydrogen (secondary N) is 1. The number of phenols is 1. The van der Waals surface area contributed by atoms with E-state index in [-0.39, 0.29) is 11.7 Å². The molecule has 0 unspecified atom stereocenters. The number of allylic oxidation sites excluding steroid dienone is 2. The van der Waals surface area contributed by atoms with Crippen LogP contribution in [0.3, 0.4) is 0 Å². The molecule has 0 aliphatic rings. The van der Waals surface area contributed by atoms with E-state index in [4.69, 9.17) is 4.74 Å². The Morgan fingerprint density at radius 1 is 0.933 bits per heavy atom. The van der Waals surface area contributed by atoms with Crippen molar-refractivity contribution < 1.29 is 14.6 Å². The lowest BCUT2D eigenvalue weighted by atomic mass is 10.1. The van der Waals surface area contributed by atoms with Gasteiger partial charge in [0.25, 0.3) is 0 Å². The molecule has 0 spiro atoms. The monoisotopic (exact) mass is 417 g/mol. The Morgan fingerprint density at radius 2 is 1.53 bits per heavy atom. The number of rotatable bonds is 18. The van der Waals surface area contributed by atoms with Gasteiger partial charge < -0.3 is 15.2 Å². The summed E-state index contributed by atoms with van der Waals surface area (Å²) in [6.07, 6.45) is 21.7. The predicted octanol–water partition coefficient (Wildman–Crippen LogP) is 7.05. The first-order valence-corrected chi connectivity index (χ1v) is 11.9. The van der Waals surface area contributed by atoms with Crippen LogP contribution in [0.25, 0.3) is 0 Å². The molecule has 1 rings (SSSR count). The number of ether oxygens (including phenoxy) is 1. The molecule has 2 N–H and O–H groups in total. The second kappa shape index (κ2) is 17.9. The van der Waals surface area contributed by atoms with Gasteiger partial charge in [-0.25, -0.2) is 0 Å². The molecule has 0 fully saturated rings. The molecule has 0 aromatic heterocycles. The molecule has 0 radical (unpaired) electrons. The number of carbonyl (C=O) groups excluding carboxylic acids is 1. The van der Waals surface area contributed by atoms with Crippen LogP contribution < -0.4 is 10.1 Å². The summed E-state index contributed by atoms with van der Waals surface area (Å²) >= 11 is 0. The summed E-state index contributed by atoms with van der Waals surface area (Å²) in [5, 5.41) is 12.5. The van der Waals surface area contributed by atoms with Crippen LogP contribution in [-0.4, -0.2) is 18.1 Å². The molecule has 0 aliphatic heterocycles. The van der Waals surface area contributed by atoms with Gasteiger partial charge in [-0.05, 0) is 49.8 Å². The standard InChI is InChI=1S/C26H43NO3/c1-3-4-5-6-7-8-9-10-11-12-13-14-15-16-17-18-26(29)27-22-23-19-20-24(28)25(21-23)30-2/h12-13,19-21,28H,3-11,14-18,22H2,1-2H3,(H,27,29)/b13-12+. The maximum atomic E-state index is 12.0. The van der Waals surface area contributed by atoms with E-state index in [9.17, 15) is 9.90 Å². The molecule has 0 aliphatic carbocycles. The zero-order valence-corrected chi connectivity index (χ0v) is 19.3. The van der Waals surface area contributed by atoms with Gasteiger partial charge in [0, 0.05) is 13.0 Å². The maximum absolute atomic E-state index is 12.0. The molecule has 1 aromatic rings. The molecular weight excluding hydrogens is 374 g/mol. The summed E-state index contributed by atoms with van der Waals surface area (Å²) in [5.41, 5.74) is 0.916. The van der Waals surface area contributed by atoms with Crippen molar-refractivity contribution >= 4 is 5.91 Å². The van der Waals surface area contributed by atoms with E-state index in [1.165, 1.54) is 64.9 Å². The van der Waals surface area contributed by atoms with Crippen molar-refractivity contribution in [2.24, 2.45) is 0 Å². The third kappa shape index (κ3) is 13.3. The maximum Gasteiger partial charge on any atom is 0.220 e. The number of phenolic OH excluding ortho intramolecular Hbond substituents is 1. The summed E-state index contributed by atoms with van der Waals surface area (Å²) in [4.78, 5) is 12.0. The normalized spacial score (nSPS) is 11.1. The van der Waals surface area contributed by atoms with E-state index in [0.717, 1.165) is 31.2 Å². The van der Waals surface area contributed by atoms with Crippen LogP contribution in [0.2, 0.25) is 0 Å². The van der Waals surface area contributed by atoms with Crippen LogP contribution in [0.1, 0.15) is 102 Å². The van der Waals surface area contributed by atoms with E-state index >= 15 is 0 Å². The highest BCUT2D eigenvalue weighted by molar-refractivity contribution is 5.75. The third-order valence-corrected chi connectivity index (χ3v) is 5.40. The van der Waals surface area contributed by atoms with Gasteiger partial charge in [0.1, 0.15) is 0 Å². The van der Waals surface area contributed by atoms with Crippen LogP contribution in [0.15, 0.2) is 30.4 Å². The van der Waals surface area contributed by atoms with Crippen LogP contribution in [0.5, 0.6) is 11.5 Å². The van der Waals surface area contributed by atoms with Gasteiger partial charge in [-0.2, -0.15) is 0 Å². The molecule has 30 heavy (non-hydrogen) atoms. The van der Waals surface area contributed by atoms with Crippen molar-refractivity contribution in [1.29, 1.82) is 0 Å². The van der Waals surface area contributed by atoms with Crippen molar-refractivity contribution in [2.75, 3.05) is 7.11 Å². The molecular formula is C26H43NO3. The summed E-state index contributed by atoms with van der Waals surface area (Å²) in [6.45, 7) is 2.72. The highest BCUT2D eigenvalue weighted by Crippen LogP contribution is 2.26. The second-order valence-electron chi connectivity index (χ2n) is 8.12. The fraction of sp³-hybridized carbons (Fsp3) is 0.654. The van der Waals surface area contributed by atoms with Crippen molar-refractivity contribution in [3.05, 3.63) is 35.9 Å². The number of unbranched alkanes of at least 4 members (excludes halogenated alkanes) is 11. The SMILES string of the molecule is CCCCCCCCCC/C=C/CCCCCC(=O)NCc1ccc(O)c(OC)c1. The van der Waals surface area contributed by atoms with Crippen LogP contribution >= 0.6 is 0 Å². The lowest BCUT2D eigenvalue weighted by Gasteiger charge is -2.08. The van der Waals surface area contributed by atoms with E-state index < -0.39 is 0 Å². The molecule has 0 atom stereocenters. The van der Waals surface area contributed by atoms with Crippen molar-refractivity contribution in [3.63, 3.8) is 0 Å². The number of hydrogen-bond donors (Lipinski definition) is 2. The Morgan fingerprint density at radius 3 is 2.17 bits per heavy atom. The molecule has 1 aromatic carbocycles. The van der Waals surface area contributed by atoms with Crippen LogP contribution in [0.4, 0.5) is 0 Å². The number of aromatic hydroxyl groups is 1. The minimum atomic E-state index is 0.0762. The fourth-order valence-corrected chi connectivity index (χ4v) is 3.48. The fourth-order valence-electron chi connectivity index (χ4n) is 3.48. The molecule has 0 heterocycles. The van der Waals surface area contributed by atoms with E-state index in [2.05, 4.69) is 24.4 Å². The zero-order chi connectivity index (χ0) is 21.9. The lowest BCUT2D eigenvalue weighted by Crippen LogP contribution is -2.22. The van der Waals surface area contributed by atoms with Crippen molar-refractivity contribution in [1.82, 2.24) is 5.32 Å². The van der Waals surface area contributed by atoms with Gasteiger partial charge in [0.15, 0.2) is 11.5 Å². The predicted molar refractivity (Wildman–Crippen MR) is 126 cm³/mol. The first-order chi connectivity index (χ1) is 14.7. The second-order valence-corrected chi connectivity index (χ2v) is 8.12. The van der Waals surface area contributed by atoms with Gasteiger partial charge in [0.2, 0.25) is 5.91 Å². The first kappa shape index (κ1) is 26.1. The highest BCUT2D eigenvalue weighted by atomic mass is 16.5. The Bertz CT molecular complexity index is 598. The largest absolute Gasteiger partial charge is 0.504 e. The van der Waals surface area contributed by atoms with Crippen LogP contribution in [-0.2, 0) is 11.3 Å². The molecule has 0 bridgehead atoms. The molecule has 0 saturated heterocycles. The Hall–Kier alpha value is -1.97. The van der Waals surface area contributed by atoms with Crippen molar-refractivity contribution in [2.45, 2.75) is 103 Å². The Balaban J connectivity index is 1.93. The molecule has 4 heteroatoms. The van der Waals surface area contributed by atoms with Crippen molar-refractivity contribution in [3.8, 4) is 11.5 Å². The van der Waals surface area contributed by atoms with Gasteiger partial charge in [-0.1, -0.05) is 76.5 Å². The highest BCUT2D eigenvalue weighted by Gasteiger charge is 2.05. The van der Waals surface area contributed by atoms with E-state index in [1.807, 2.05) is 0 Å². The average molecular weight is 418 g/mol. The number of amides is 1. The van der Waals surface area contributed by atoms with Gasteiger partial charge >= 0.3 is 0 Å². The smallest absolute Gasteiger partial charge is 0.220 e. The number of hydrogen-bond acceptors (Lipinski definition) is 3. The summed E-state index contributed by atoms with van der Waals surface area (Å²) in [5.74, 6) is 0.615.